The summed E-state index contributed by atoms with van der Waals surface area (Å²) in [5, 5.41) is 11.5. The first-order valence-corrected chi connectivity index (χ1v) is 16.5. The normalized spacial score (nSPS) is 38.2. The molecule has 0 spiro atoms. The van der Waals surface area contributed by atoms with Crippen LogP contribution in [-0.2, 0) is 37.9 Å². The minimum atomic E-state index is -0.922. The van der Waals surface area contributed by atoms with Gasteiger partial charge in [-0.1, -0.05) is 93.4 Å². The van der Waals surface area contributed by atoms with Crippen LogP contribution < -0.4 is 0 Å². The molecule has 9 nitrogen and oxygen atoms in total. The van der Waals surface area contributed by atoms with Gasteiger partial charge in [-0.05, 0) is 19.3 Å². The lowest BCUT2D eigenvalue weighted by Crippen LogP contribution is -2.64. The van der Waals surface area contributed by atoms with Crippen LogP contribution in [-0.4, -0.2) is 74.1 Å². The molecular weight excluding hydrogens is 576 g/mol. The fraction of sp³-hybridized carbons (Fsp3) is 0.611. The molecule has 4 saturated heterocycles. The first kappa shape index (κ1) is 32.7. The Morgan fingerprint density at radius 1 is 0.733 bits per heavy atom. The third-order valence-corrected chi connectivity index (χ3v) is 9.36. The molecule has 0 aromatic heterocycles. The van der Waals surface area contributed by atoms with E-state index >= 15 is 0 Å². The Morgan fingerprint density at radius 2 is 1.31 bits per heavy atom. The third kappa shape index (κ3) is 7.70. The van der Waals surface area contributed by atoms with E-state index in [0.29, 0.717) is 19.8 Å². The predicted octanol–water partition coefficient (Wildman–Crippen LogP) is 5.84. The van der Waals surface area contributed by atoms with Gasteiger partial charge in [0.2, 0.25) is 0 Å². The number of hydrogen-bond donors (Lipinski definition) is 1. The first-order chi connectivity index (χ1) is 22.0. The number of unbranched alkanes of at least 4 members (excludes halogenated alkanes) is 4. The van der Waals surface area contributed by atoms with E-state index in [1.54, 1.807) is 0 Å². The smallest absolute Gasteiger partial charge is 0.184 e. The Hall–Kier alpha value is -2.18. The summed E-state index contributed by atoms with van der Waals surface area (Å²) in [6.07, 6.45) is 1.85. The maximum Gasteiger partial charge on any atom is 0.184 e. The lowest BCUT2D eigenvalue weighted by atomic mass is 9.88. The van der Waals surface area contributed by atoms with Crippen molar-refractivity contribution in [2.45, 2.75) is 108 Å². The predicted molar refractivity (Wildman–Crippen MR) is 166 cm³/mol. The standard InChI is InChI=1S/C36H48O9/c1-4-5-6-7-8-15-20-38-33-24(3)31(32-28(41-33)22-40-35(45-32)26-18-13-10-14-19-26)44-36-29(37)23(2)30-27(42-36)21-39-34(43-30)25-16-11-9-12-17-25/h4,9-14,16-19,23-24,27-37H,1,5-8,15,20-22H2,2-3H3/t23-,24?,27?,28?,29?,30-,31-,32+,33-,34?,35?,36+/m1/s1. The largest absolute Gasteiger partial charge is 0.387 e. The van der Waals surface area contributed by atoms with Crippen LogP contribution in [0.2, 0.25) is 0 Å². The molecule has 4 heterocycles. The number of rotatable bonds is 12. The lowest BCUT2D eigenvalue weighted by Gasteiger charge is -2.51. The van der Waals surface area contributed by atoms with Gasteiger partial charge in [0.1, 0.15) is 24.4 Å². The van der Waals surface area contributed by atoms with Crippen LogP contribution in [0.25, 0.3) is 0 Å². The van der Waals surface area contributed by atoms with Crippen LogP contribution in [0.4, 0.5) is 0 Å². The van der Waals surface area contributed by atoms with E-state index in [2.05, 4.69) is 6.58 Å². The van der Waals surface area contributed by atoms with E-state index in [-0.39, 0.29) is 24.0 Å². The van der Waals surface area contributed by atoms with Crippen molar-refractivity contribution in [3.8, 4) is 0 Å². The van der Waals surface area contributed by atoms with Gasteiger partial charge in [-0.2, -0.15) is 0 Å². The molecule has 9 heteroatoms. The molecule has 0 saturated carbocycles. The summed E-state index contributed by atoms with van der Waals surface area (Å²) in [7, 11) is 0. The highest BCUT2D eigenvalue weighted by atomic mass is 16.8. The minimum absolute atomic E-state index is 0.202. The molecule has 2 aromatic rings. The number of ether oxygens (including phenoxy) is 8. The quantitative estimate of drug-likeness (QED) is 0.231. The van der Waals surface area contributed by atoms with Crippen molar-refractivity contribution in [2.75, 3.05) is 19.8 Å². The monoisotopic (exact) mass is 624 g/mol. The molecule has 1 N–H and O–H groups in total. The van der Waals surface area contributed by atoms with Gasteiger partial charge in [-0.15, -0.1) is 6.58 Å². The summed E-state index contributed by atoms with van der Waals surface area (Å²) in [5.41, 5.74) is 1.86. The van der Waals surface area contributed by atoms with Crippen molar-refractivity contribution >= 4 is 0 Å². The van der Waals surface area contributed by atoms with Crippen molar-refractivity contribution in [1.82, 2.24) is 0 Å². The Kier molecular flexibility index (Phi) is 11.4. The summed E-state index contributed by atoms with van der Waals surface area (Å²) in [4.78, 5) is 0. The summed E-state index contributed by atoms with van der Waals surface area (Å²) in [6, 6.07) is 19.7. The average molecular weight is 625 g/mol. The van der Waals surface area contributed by atoms with Gasteiger partial charge in [0.15, 0.2) is 25.2 Å². The van der Waals surface area contributed by atoms with E-state index in [0.717, 1.165) is 43.2 Å². The second-order valence-corrected chi connectivity index (χ2v) is 12.6. The van der Waals surface area contributed by atoms with Crippen LogP contribution in [0.5, 0.6) is 0 Å². The number of aliphatic hydroxyl groups is 1. The van der Waals surface area contributed by atoms with Crippen molar-refractivity contribution in [1.29, 1.82) is 0 Å². The fourth-order valence-electron chi connectivity index (χ4n) is 6.70. The van der Waals surface area contributed by atoms with Gasteiger partial charge >= 0.3 is 0 Å². The molecule has 0 radical (unpaired) electrons. The molecule has 45 heavy (non-hydrogen) atoms. The summed E-state index contributed by atoms with van der Waals surface area (Å²) < 4.78 is 50.8. The molecule has 4 aliphatic heterocycles. The fourth-order valence-corrected chi connectivity index (χ4v) is 6.70. The molecule has 0 aliphatic carbocycles. The van der Waals surface area contributed by atoms with Gasteiger partial charge in [-0.3, -0.25) is 0 Å². The van der Waals surface area contributed by atoms with E-state index in [4.69, 9.17) is 37.9 Å². The zero-order chi connectivity index (χ0) is 31.2. The molecular formula is C36H48O9. The third-order valence-electron chi connectivity index (χ3n) is 9.36. The van der Waals surface area contributed by atoms with E-state index in [1.165, 1.54) is 0 Å². The van der Waals surface area contributed by atoms with Crippen molar-refractivity contribution in [3.05, 3.63) is 84.4 Å². The molecule has 6 rings (SSSR count). The van der Waals surface area contributed by atoms with Gasteiger partial charge in [0, 0.05) is 29.6 Å². The number of allylic oxidation sites excluding steroid dienone is 1. The molecule has 4 fully saturated rings. The summed E-state index contributed by atoms with van der Waals surface area (Å²) >= 11 is 0. The zero-order valence-electron chi connectivity index (χ0n) is 26.4. The molecule has 246 valence electrons. The maximum atomic E-state index is 11.5. The second-order valence-electron chi connectivity index (χ2n) is 12.6. The highest BCUT2D eigenvalue weighted by Crippen LogP contribution is 2.42. The highest BCUT2D eigenvalue weighted by molar-refractivity contribution is 5.17. The second kappa shape index (κ2) is 15.6. The zero-order valence-corrected chi connectivity index (χ0v) is 26.4. The number of fused-ring (bicyclic) bond motifs is 2. The van der Waals surface area contributed by atoms with Gasteiger partial charge in [0.05, 0.1) is 25.4 Å². The van der Waals surface area contributed by atoms with Crippen LogP contribution in [0.15, 0.2) is 73.3 Å². The van der Waals surface area contributed by atoms with Crippen LogP contribution in [0, 0.1) is 11.8 Å². The van der Waals surface area contributed by atoms with E-state index in [1.807, 2.05) is 80.6 Å². The number of hydrogen-bond acceptors (Lipinski definition) is 9. The molecule has 2 aromatic carbocycles. The Labute approximate surface area is 266 Å². The van der Waals surface area contributed by atoms with Gasteiger partial charge in [0.25, 0.3) is 0 Å². The SMILES string of the molecule is C=CCCCCCCO[C@@H]1OC2COC(c3ccccc3)O[C@@H]2[C@H](O[C@@H]2OC3COC(c4ccccc4)O[C@@H]3[C@H](C)C2O)C1C. The highest BCUT2D eigenvalue weighted by Gasteiger charge is 2.53. The maximum absolute atomic E-state index is 11.5. The number of aliphatic hydroxyl groups excluding tert-OH is 1. The Bertz CT molecular complexity index is 1180. The molecule has 12 atom stereocenters. The van der Waals surface area contributed by atoms with Crippen LogP contribution >= 0.6 is 0 Å². The van der Waals surface area contributed by atoms with Gasteiger partial charge in [-0.25, -0.2) is 0 Å². The van der Waals surface area contributed by atoms with Crippen LogP contribution in [0.3, 0.4) is 0 Å². The van der Waals surface area contributed by atoms with E-state index in [9.17, 15) is 5.11 Å². The van der Waals surface area contributed by atoms with Crippen molar-refractivity contribution in [3.63, 3.8) is 0 Å². The topological polar surface area (TPSA) is 94.1 Å². The van der Waals surface area contributed by atoms with Gasteiger partial charge < -0.3 is 43.0 Å². The molecule has 0 bridgehead atoms. The Morgan fingerprint density at radius 3 is 1.96 bits per heavy atom. The molecule has 0 amide bonds. The summed E-state index contributed by atoms with van der Waals surface area (Å²) in [6.45, 7) is 9.06. The summed E-state index contributed by atoms with van der Waals surface area (Å²) in [5.74, 6) is -0.456. The lowest BCUT2D eigenvalue weighted by molar-refractivity contribution is -0.395. The average Bonchev–Trinajstić information content (AvgIpc) is 3.08. The molecule has 4 aliphatic rings. The van der Waals surface area contributed by atoms with Crippen molar-refractivity contribution < 1.29 is 43.0 Å². The van der Waals surface area contributed by atoms with Crippen molar-refractivity contribution in [2.24, 2.45) is 11.8 Å². The number of benzene rings is 2. The van der Waals surface area contributed by atoms with Crippen LogP contribution in [0.1, 0.15) is 69.7 Å². The Balaban J connectivity index is 1.14. The first-order valence-electron chi connectivity index (χ1n) is 16.5. The molecule has 6 unspecified atom stereocenters. The van der Waals surface area contributed by atoms with E-state index < -0.39 is 49.6 Å². The minimum Gasteiger partial charge on any atom is -0.387 e.